The van der Waals surface area contributed by atoms with Gasteiger partial charge in [0.25, 0.3) is 0 Å². The quantitative estimate of drug-likeness (QED) is 0.838. The van der Waals surface area contributed by atoms with Crippen LogP contribution in [0.1, 0.15) is 42.8 Å². The van der Waals surface area contributed by atoms with Gasteiger partial charge in [0.05, 0.1) is 6.54 Å². The summed E-state index contributed by atoms with van der Waals surface area (Å²) in [6, 6.07) is 2.99. The third-order valence-corrected chi connectivity index (χ3v) is 4.72. The van der Waals surface area contributed by atoms with Gasteiger partial charge in [0.15, 0.2) is 0 Å². The van der Waals surface area contributed by atoms with Crippen molar-refractivity contribution in [1.29, 1.82) is 0 Å². The highest BCUT2D eigenvalue weighted by atomic mass is 16.5. The van der Waals surface area contributed by atoms with Crippen molar-refractivity contribution in [3.63, 3.8) is 0 Å². The smallest absolute Gasteiger partial charge is 0.118 e. The summed E-state index contributed by atoms with van der Waals surface area (Å²) < 4.78 is 11.2. The fourth-order valence-corrected chi connectivity index (χ4v) is 3.15. The Balaban J connectivity index is 1.47. The molecule has 1 aromatic rings. The average Bonchev–Trinajstić information content (AvgIpc) is 3.24. The molecule has 0 unspecified atom stereocenters. The highest BCUT2D eigenvalue weighted by molar-refractivity contribution is 5.21. The largest absolute Gasteiger partial charge is 0.465 e. The summed E-state index contributed by atoms with van der Waals surface area (Å²) in [5.41, 5.74) is 1.33. The second-order valence-corrected chi connectivity index (χ2v) is 6.62. The first-order valence-electron chi connectivity index (χ1n) is 8.27. The molecule has 1 N–H and O–H groups in total. The molecule has 1 aliphatic heterocycles. The van der Waals surface area contributed by atoms with Crippen LogP contribution in [0.15, 0.2) is 10.5 Å². The van der Waals surface area contributed by atoms with Gasteiger partial charge in [-0.05, 0) is 57.7 Å². The lowest BCUT2D eigenvalue weighted by atomic mass is 9.98. The molecule has 2 heterocycles. The van der Waals surface area contributed by atoms with Gasteiger partial charge in [0.2, 0.25) is 0 Å². The molecule has 3 rings (SSSR count). The first kappa shape index (κ1) is 15.1. The Morgan fingerprint density at radius 1 is 1.29 bits per heavy atom. The number of ether oxygens (including phenoxy) is 1. The van der Waals surface area contributed by atoms with Crippen molar-refractivity contribution in [2.75, 3.05) is 26.8 Å². The molecule has 0 spiro atoms. The Kier molecular flexibility index (Phi) is 4.99. The molecule has 4 heteroatoms. The van der Waals surface area contributed by atoms with Crippen LogP contribution in [0.25, 0.3) is 0 Å². The Morgan fingerprint density at radius 2 is 2.05 bits per heavy atom. The molecule has 0 aromatic carbocycles. The summed E-state index contributed by atoms with van der Waals surface area (Å²) in [4.78, 5) is 2.50. The van der Waals surface area contributed by atoms with Crippen molar-refractivity contribution in [3.05, 3.63) is 23.2 Å². The molecule has 2 fully saturated rings. The van der Waals surface area contributed by atoms with E-state index in [1.807, 2.05) is 0 Å². The van der Waals surface area contributed by atoms with Gasteiger partial charge in [-0.25, -0.2) is 0 Å². The number of piperidine rings is 1. The van der Waals surface area contributed by atoms with E-state index in [1.165, 1.54) is 31.2 Å². The highest BCUT2D eigenvalue weighted by Gasteiger charge is 2.22. The predicted octanol–water partition coefficient (Wildman–Crippen LogP) is 2.70. The van der Waals surface area contributed by atoms with E-state index in [0.717, 1.165) is 56.3 Å². The van der Waals surface area contributed by atoms with Crippen molar-refractivity contribution in [3.8, 4) is 0 Å². The van der Waals surface area contributed by atoms with E-state index in [0.29, 0.717) is 0 Å². The second-order valence-electron chi connectivity index (χ2n) is 6.62. The van der Waals surface area contributed by atoms with Crippen molar-refractivity contribution in [2.24, 2.45) is 5.92 Å². The molecule has 0 bridgehead atoms. The average molecular weight is 292 g/mol. The van der Waals surface area contributed by atoms with Gasteiger partial charge in [-0.3, -0.25) is 4.90 Å². The summed E-state index contributed by atoms with van der Waals surface area (Å²) in [6.07, 6.45) is 5.15. The van der Waals surface area contributed by atoms with Gasteiger partial charge >= 0.3 is 0 Å². The van der Waals surface area contributed by atoms with Gasteiger partial charge in [-0.1, -0.05) is 0 Å². The molecule has 2 aliphatic rings. The fraction of sp³-hybridized carbons (Fsp3) is 0.765. The Bertz CT molecular complexity index is 446. The van der Waals surface area contributed by atoms with Gasteiger partial charge < -0.3 is 14.5 Å². The van der Waals surface area contributed by atoms with Crippen LogP contribution < -0.4 is 5.32 Å². The standard InChI is InChI=1S/C17H28N2O2/c1-13-15(10-18-16-3-4-16)9-17(21-13)11-19-7-5-14(6-8-19)12-20-2/h9,14,16,18H,3-8,10-12H2,1-2H3. The summed E-state index contributed by atoms with van der Waals surface area (Å²) in [7, 11) is 1.80. The summed E-state index contributed by atoms with van der Waals surface area (Å²) in [5.74, 6) is 2.93. The highest BCUT2D eigenvalue weighted by Crippen LogP contribution is 2.23. The lowest BCUT2D eigenvalue weighted by molar-refractivity contribution is 0.0938. The minimum atomic E-state index is 0.739. The third kappa shape index (κ3) is 4.31. The summed E-state index contributed by atoms with van der Waals surface area (Å²) in [5, 5.41) is 3.56. The number of likely N-dealkylation sites (tertiary alicyclic amines) is 1. The van der Waals surface area contributed by atoms with Gasteiger partial charge in [-0.2, -0.15) is 0 Å². The molecule has 21 heavy (non-hydrogen) atoms. The molecule has 1 saturated heterocycles. The monoisotopic (exact) mass is 292 g/mol. The van der Waals surface area contributed by atoms with E-state index in [4.69, 9.17) is 9.15 Å². The zero-order valence-electron chi connectivity index (χ0n) is 13.4. The SMILES string of the molecule is COCC1CCN(Cc2cc(CNC3CC3)c(C)o2)CC1. The van der Waals surface area contributed by atoms with Gasteiger partial charge in [0, 0.05) is 31.9 Å². The Morgan fingerprint density at radius 3 is 2.71 bits per heavy atom. The van der Waals surface area contributed by atoms with Crippen molar-refractivity contribution >= 4 is 0 Å². The lowest BCUT2D eigenvalue weighted by Crippen LogP contribution is -2.34. The van der Waals surface area contributed by atoms with E-state index in [2.05, 4.69) is 23.2 Å². The summed E-state index contributed by atoms with van der Waals surface area (Å²) in [6.45, 7) is 7.20. The topological polar surface area (TPSA) is 37.6 Å². The van der Waals surface area contributed by atoms with Crippen LogP contribution in [0, 0.1) is 12.8 Å². The van der Waals surface area contributed by atoms with Gasteiger partial charge in [0.1, 0.15) is 11.5 Å². The Hall–Kier alpha value is -0.840. The second kappa shape index (κ2) is 6.95. The predicted molar refractivity (Wildman–Crippen MR) is 83.2 cm³/mol. The number of furan rings is 1. The van der Waals surface area contributed by atoms with Crippen LogP contribution >= 0.6 is 0 Å². The van der Waals surface area contributed by atoms with Crippen LogP contribution in [0.4, 0.5) is 0 Å². The van der Waals surface area contributed by atoms with Crippen molar-refractivity contribution in [1.82, 2.24) is 10.2 Å². The number of methoxy groups -OCH3 is 1. The van der Waals surface area contributed by atoms with Crippen LogP contribution in [0.2, 0.25) is 0 Å². The molecule has 1 aliphatic carbocycles. The maximum absolute atomic E-state index is 5.94. The molecule has 118 valence electrons. The van der Waals surface area contributed by atoms with Crippen LogP contribution in [0.3, 0.4) is 0 Å². The van der Waals surface area contributed by atoms with E-state index in [1.54, 1.807) is 7.11 Å². The van der Waals surface area contributed by atoms with Crippen molar-refractivity contribution in [2.45, 2.75) is 51.7 Å². The molecular formula is C17H28N2O2. The molecule has 4 nitrogen and oxygen atoms in total. The molecular weight excluding hydrogens is 264 g/mol. The number of rotatable bonds is 7. The number of hydrogen-bond acceptors (Lipinski definition) is 4. The molecule has 1 saturated carbocycles. The van der Waals surface area contributed by atoms with Crippen molar-refractivity contribution < 1.29 is 9.15 Å². The third-order valence-electron chi connectivity index (χ3n) is 4.72. The number of nitrogens with one attached hydrogen (secondary N) is 1. The van der Waals surface area contributed by atoms with Crippen LogP contribution in [-0.4, -0.2) is 37.7 Å². The number of hydrogen-bond donors (Lipinski definition) is 1. The minimum Gasteiger partial charge on any atom is -0.465 e. The lowest BCUT2D eigenvalue weighted by Gasteiger charge is -2.30. The van der Waals surface area contributed by atoms with E-state index in [9.17, 15) is 0 Å². The Labute approximate surface area is 127 Å². The zero-order valence-corrected chi connectivity index (χ0v) is 13.4. The first-order valence-corrected chi connectivity index (χ1v) is 8.27. The van der Waals surface area contributed by atoms with Crippen LogP contribution in [0.5, 0.6) is 0 Å². The first-order chi connectivity index (χ1) is 10.2. The molecule has 1 aromatic heterocycles. The van der Waals surface area contributed by atoms with E-state index in [-0.39, 0.29) is 0 Å². The summed E-state index contributed by atoms with van der Waals surface area (Å²) >= 11 is 0. The van der Waals surface area contributed by atoms with E-state index < -0.39 is 0 Å². The normalized spacial score (nSPS) is 21.0. The fourth-order valence-electron chi connectivity index (χ4n) is 3.15. The number of nitrogens with zero attached hydrogens (tertiary/aromatic N) is 1. The number of aryl methyl sites for hydroxylation is 1. The molecule has 0 amide bonds. The maximum Gasteiger partial charge on any atom is 0.118 e. The molecule has 0 radical (unpaired) electrons. The zero-order chi connectivity index (χ0) is 14.7. The maximum atomic E-state index is 5.94. The molecule has 0 atom stereocenters. The van der Waals surface area contributed by atoms with E-state index >= 15 is 0 Å². The van der Waals surface area contributed by atoms with Crippen LogP contribution in [-0.2, 0) is 17.8 Å². The van der Waals surface area contributed by atoms with Gasteiger partial charge in [-0.15, -0.1) is 0 Å². The minimum absolute atomic E-state index is 0.739.